The van der Waals surface area contributed by atoms with Crippen molar-refractivity contribution >= 4 is 12.0 Å². The molecule has 0 aromatic carbocycles. The van der Waals surface area contributed by atoms with E-state index in [4.69, 9.17) is 5.11 Å². The number of aryl methyl sites for hydroxylation is 1. The Labute approximate surface area is 111 Å². The first kappa shape index (κ1) is 14.9. The molecule has 1 aromatic heterocycles. The maximum atomic E-state index is 11.9. The normalized spacial score (nSPS) is 12.3. The topological polar surface area (TPSA) is 111 Å². The number of aromatic amines is 1. The Morgan fingerprint density at radius 3 is 2.53 bits per heavy atom. The lowest BCUT2D eigenvalue weighted by atomic mass is 10.1. The van der Waals surface area contributed by atoms with Crippen molar-refractivity contribution in [2.24, 2.45) is 5.92 Å². The number of hydrogen-bond donors (Lipinski definition) is 3. The molecule has 0 aliphatic carbocycles. The van der Waals surface area contributed by atoms with Crippen molar-refractivity contribution in [3.05, 3.63) is 11.6 Å². The quantitative estimate of drug-likeness (QED) is 0.714. The molecule has 1 atom stereocenters. The van der Waals surface area contributed by atoms with Gasteiger partial charge in [-0.15, -0.1) is 0 Å². The lowest BCUT2D eigenvalue weighted by Gasteiger charge is -2.22. The van der Waals surface area contributed by atoms with Crippen LogP contribution in [0.5, 0.6) is 0 Å². The molecular weight excluding hydrogens is 250 g/mol. The first-order valence-corrected chi connectivity index (χ1v) is 5.93. The van der Waals surface area contributed by atoms with Crippen molar-refractivity contribution in [3.8, 4) is 0 Å². The van der Waals surface area contributed by atoms with E-state index >= 15 is 0 Å². The Bertz CT molecular complexity index is 457. The molecule has 2 amide bonds. The number of carboxylic acid groups (broad SMARTS) is 1. The summed E-state index contributed by atoms with van der Waals surface area (Å²) in [6, 6.07) is -1.38. The fourth-order valence-electron chi connectivity index (χ4n) is 1.50. The molecule has 1 heterocycles. The fourth-order valence-corrected chi connectivity index (χ4v) is 1.50. The molecule has 0 bridgehead atoms. The number of amides is 2. The third-order valence-corrected chi connectivity index (χ3v) is 2.58. The Balaban J connectivity index is 2.59. The third-order valence-electron chi connectivity index (χ3n) is 2.58. The van der Waals surface area contributed by atoms with Crippen LogP contribution < -0.4 is 5.32 Å². The summed E-state index contributed by atoms with van der Waals surface area (Å²) in [5, 5.41) is 18.1. The van der Waals surface area contributed by atoms with Crippen molar-refractivity contribution in [1.29, 1.82) is 0 Å². The van der Waals surface area contributed by atoms with E-state index in [9.17, 15) is 9.59 Å². The van der Waals surface area contributed by atoms with Gasteiger partial charge >= 0.3 is 12.0 Å². The average molecular weight is 269 g/mol. The van der Waals surface area contributed by atoms with Crippen LogP contribution in [0.3, 0.4) is 0 Å². The zero-order valence-corrected chi connectivity index (χ0v) is 11.5. The second-order valence-electron chi connectivity index (χ2n) is 4.70. The largest absolute Gasteiger partial charge is 0.480 e. The van der Waals surface area contributed by atoms with E-state index in [1.165, 1.54) is 4.90 Å². The number of nitrogens with zero attached hydrogens (tertiary/aromatic N) is 3. The van der Waals surface area contributed by atoms with Gasteiger partial charge in [-0.05, 0) is 12.8 Å². The summed E-state index contributed by atoms with van der Waals surface area (Å²) in [4.78, 5) is 28.3. The van der Waals surface area contributed by atoms with Gasteiger partial charge in [0.2, 0.25) is 0 Å². The van der Waals surface area contributed by atoms with Crippen LogP contribution in [0.4, 0.5) is 4.79 Å². The van der Waals surface area contributed by atoms with Crippen molar-refractivity contribution < 1.29 is 14.7 Å². The van der Waals surface area contributed by atoms with Crippen LogP contribution in [0, 0.1) is 12.8 Å². The first-order chi connectivity index (χ1) is 8.81. The van der Waals surface area contributed by atoms with Gasteiger partial charge in [0.05, 0.1) is 6.54 Å². The lowest BCUT2D eigenvalue weighted by molar-refractivity contribution is -0.140. The standard InChI is InChI=1S/C11H19N5O3/c1-6(2)9(10(17)18)13-11(19)16(4)5-8-12-7(3)14-15-8/h6,9H,5H2,1-4H3,(H,13,19)(H,17,18)(H,12,14,15)/t9-/m0/s1. The fraction of sp³-hybridized carbons (Fsp3) is 0.636. The molecule has 0 saturated heterocycles. The number of carbonyl (C=O) groups excluding carboxylic acids is 1. The molecule has 0 aliphatic heterocycles. The average Bonchev–Trinajstić information content (AvgIpc) is 2.70. The van der Waals surface area contributed by atoms with E-state index in [2.05, 4.69) is 20.5 Å². The molecule has 3 N–H and O–H groups in total. The Morgan fingerprint density at radius 1 is 1.47 bits per heavy atom. The minimum absolute atomic E-state index is 0.194. The monoisotopic (exact) mass is 269 g/mol. The smallest absolute Gasteiger partial charge is 0.326 e. The summed E-state index contributed by atoms with van der Waals surface area (Å²) in [7, 11) is 1.56. The molecular formula is C11H19N5O3. The van der Waals surface area contributed by atoms with Gasteiger partial charge in [-0.25, -0.2) is 14.6 Å². The van der Waals surface area contributed by atoms with Crippen LogP contribution in [0.1, 0.15) is 25.5 Å². The Morgan fingerprint density at radius 2 is 2.11 bits per heavy atom. The number of rotatable bonds is 5. The SMILES string of the molecule is Cc1nc(CN(C)C(=O)N[C@H](C(=O)O)C(C)C)n[nH]1. The highest BCUT2D eigenvalue weighted by atomic mass is 16.4. The molecule has 8 heteroatoms. The highest BCUT2D eigenvalue weighted by Crippen LogP contribution is 2.04. The van der Waals surface area contributed by atoms with Gasteiger partial charge in [-0.1, -0.05) is 13.8 Å². The molecule has 1 rings (SSSR count). The Hall–Kier alpha value is -2.12. The van der Waals surface area contributed by atoms with Gasteiger partial charge in [0.15, 0.2) is 5.82 Å². The molecule has 0 radical (unpaired) electrons. The first-order valence-electron chi connectivity index (χ1n) is 5.93. The van der Waals surface area contributed by atoms with E-state index in [0.717, 1.165) is 0 Å². The maximum absolute atomic E-state index is 11.9. The van der Waals surface area contributed by atoms with E-state index in [-0.39, 0.29) is 12.5 Å². The zero-order valence-electron chi connectivity index (χ0n) is 11.5. The number of carboxylic acids is 1. The summed E-state index contributed by atoms with van der Waals surface area (Å²) in [6.07, 6.45) is 0. The van der Waals surface area contributed by atoms with Gasteiger partial charge in [-0.3, -0.25) is 5.10 Å². The summed E-state index contributed by atoms with van der Waals surface area (Å²) in [6.45, 7) is 5.44. The highest BCUT2D eigenvalue weighted by molar-refractivity contribution is 5.82. The number of H-pyrrole nitrogens is 1. The predicted octanol–water partition coefficient (Wildman–Crippen LogP) is 0.364. The van der Waals surface area contributed by atoms with Crippen molar-refractivity contribution in [3.63, 3.8) is 0 Å². The molecule has 1 aromatic rings. The minimum Gasteiger partial charge on any atom is -0.480 e. The summed E-state index contributed by atoms with van der Waals surface area (Å²) in [5.74, 6) is -0.105. The van der Waals surface area contributed by atoms with Crippen LogP contribution in [0.15, 0.2) is 0 Å². The predicted molar refractivity (Wildman–Crippen MR) is 67.4 cm³/mol. The number of aliphatic carboxylic acids is 1. The van der Waals surface area contributed by atoms with Crippen molar-refractivity contribution in [2.45, 2.75) is 33.4 Å². The van der Waals surface area contributed by atoms with E-state index in [0.29, 0.717) is 11.6 Å². The van der Waals surface area contributed by atoms with Crippen LogP contribution >= 0.6 is 0 Å². The molecule has 0 unspecified atom stereocenters. The van der Waals surface area contributed by atoms with Crippen LogP contribution in [-0.4, -0.2) is 50.3 Å². The maximum Gasteiger partial charge on any atom is 0.326 e. The zero-order chi connectivity index (χ0) is 14.6. The summed E-state index contributed by atoms with van der Waals surface area (Å²) >= 11 is 0. The number of carbonyl (C=O) groups is 2. The van der Waals surface area contributed by atoms with Crippen molar-refractivity contribution in [2.75, 3.05) is 7.05 Å². The number of aromatic nitrogens is 3. The van der Waals surface area contributed by atoms with Crippen LogP contribution in [0.2, 0.25) is 0 Å². The summed E-state index contributed by atoms with van der Waals surface area (Å²) in [5.41, 5.74) is 0. The van der Waals surface area contributed by atoms with Crippen LogP contribution in [-0.2, 0) is 11.3 Å². The van der Waals surface area contributed by atoms with Gasteiger partial charge in [0, 0.05) is 7.05 Å². The van der Waals surface area contributed by atoms with E-state index < -0.39 is 18.0 Å². The molecule has 0 fully saturated rings. The Kier molecular flexibility index (Phi) is 4.85. The lowest BCUT2D eigenvalue weighted by Crippen LogP contribution is -2.48. The minimum atomic E-state index is -1.05. The molecule has 8 nitrogen and oxygen atoms in total. The van der Waals surface area contributed by atoms with Crippen LogP contribution in [0.25, 0.3) is 0 Å². The van der Waals surface area contributed by atoms with Gasteiger partial charge in [-0.2, -0.15) is 5.10 Å². The number of urea groups is 1. The van der Waals surface area contributed by atoms with Gasteiger partial charge < -0.3 is 15.3 Å². The second kappa shape index (κ2) is 6.17. The van der Waals surface area contributed by atoms with Gasteiger partial charge in [0.25, 0.3) is 0 Å². The molecule has 19 heavy (non-hydrogen) atoms. The number of nitrogens with one attached hydrogen (secondary N) is 2. The summed E-state index contributed by atoms with van der Waals surface area (Å²) < 4.78 is 0. The molecule has 0 saturated carbocycles. The third kappa shape index (κ3) is 4.23. The molecule has 0 spiro atoms. The second-order valence-corrected chi connectivity index (χ2v) is 4.70. The molecule has 106 valence electrons. The van der Waals surface area contributed by atoms with E-state index in [1.807, 2.05) is 0 Å². The molecule has 0 aliphatic rings. The van der Waals surface area contributed by atoms with Gasteiger partial charge in [0.1, 0.15) is 11.9 Å². The highest BCUT2D eigenvalue weighted by Gasteiger charge is 2.25. The van der Waals surface area contributed by atoms with Crippen molar-refractivity contribution in [1.82, 2.24) is 25.4 Å². The van der Waals surface area contributed by atoms with E-state index in [1.54, 1.807) is 27.8 Å². The number of hydrogen-bond acceptors (Lipinski definition) is 4.